The lowest BCUT2D eigenvalue weighted by atomic mass is 10.00. The maximum Gasteiger partial charge on any atom is 0.319 e. The van der Waals surface area contributed by atoms with Gasteiger partial charge in [0, 0.05) is 0 Å². The number of hydrogen-bond donors (Lipinski definition) is 0. The van der Waals surface area contributed by atoms with E-state index in [2.05, 4.69) is 41.5 Å². The summed E-state index contributed by atoms with van der Waals surface area (Å²) in [4.78, 5) is 0. The average Bonchev–Trinajstić information content (AvgIpc) is 2.21. The van der Waals surface area contributed by atoms with Crippen molar-refractivity contribution in [3.8, 4) is 0 Å². The fourth-order valence-electron chi connectivity index (χ4n) is 0.826. The molecule has 0 saturated carbocycles. The van der Waals surface area contributed by atoms with Crippen LogP contribution in [0.25, 0.3) is 0 Å². The summed E-state index contributed by atoms with van der Waals surface area (Å²) in [6, 6.07) is 0. The molecule has 0 rings (SSSR count). The molecule has 2 atom stereocenters. The summed E-state index contributed by atoms with van der Waals surface area (Å²) in [6.07, 6.45) is 0. The van der Waals surface area contributed by atoms with E-state index in [-0.39, 0.29) is 0 Å². The fourth-order valence-corrected chi connectivity index (χ4v) is 1.71. The van der Waals surface area contributed by atoms with Gasteiger partial charge in [-0.1, -0.05) is 41.5 Å². The Labute approximate surface area is 101 Å². The highest BCUT2D eigenvalue weighted by molar-refractivity contribution is 7.33. The quantitative estimate of drug-likeness (QED) is 0.611. The SMILES string of the molecule is CC(C)C(C)CO[PH](=O)OCC(C)C(C)C. The maximum absolute atomic E-state index is 11.4. The van der Waals surface area contributed by atoms with Crippen molar-refractivity contribution >= 4 is 8.25 Å². The first kappa shape index (κ1) is 16.1. The highest BCUT2D eigenvalue weighted by atomic mass is 31.1. The highest BCUT2D eigenvalue weighted by Gasteiger charge is 2.12. The van der Waals surface area contributed by atoms with Crippen LogP contribution >= 0.6 is 8.25 Å². The Balaban J connectivity index is 3.67. The summed E-state index contributed by atoms with van der Waals surface area (Å²) in [7, 11) is -2.30. The van der Waals surface area contributed by atoms with Crippen molar-refractivity contribution in [1.82, 2.24) is 0 Å². The van der Waals surface area contributed by atoms with Crippen LogP contribution in [0.2, 0.25) is 0 Å². The molecule has 2 unspecified atom stereocenters. The van der Waals surface area contributed by atoms with E-state index >= 15 is 0 Å². The van der Waals surface area contributed by atoms with E-state index in [1.165, 1.54) is 0 Å². The van der Waals surface area contributed by atoms with Gasteiger partial charge in [0.05, 0.1) is 13.2 Å². The Morgan fingerprint density at radius 2 is 1.12 bits per heavy atom. The molecule has 0 saturated heterocycles. The van der Waals surface area contributed by atoms with Crippen molar-refractivity contribution in [1.29, 1.82) is 0 Å². The number of rotatable bonds is 8. The molecule has 16 heavy (non-hydrogen) atoms. The lowest BCUT2D eigenvalue weighted by molar-refractivity contribution is 0.160. The minimum Gasteiger partial charge on any atom is -0.310 e. The monoisotopic (exact) mass is 250 g/mol. The van der Waals surface area contributed by atoms with Gasteiger partial charge in [0.2, 0.25) is 0 Å². The van der Waals surface area contributed by atoms with Crippen molar-refractivity contribution in [3.05, 3.63) is 0 Å². The van der Waals surface area contributed by atoms with Crippen LogP contribution in [-0.2, 0) is 13.6 Å². The van der Waals surface area contributed by atoms with Gasteiger partial charge in [0.15, 0.2) is 0 Å². The first-order chi connectivity index (χ1) is 7.34. The van der Waals surface area contributed by atoms with Crippen LogP contribution in [0.4, 0.5) is 0 Å². The third-order valence-corrected chi connectivity index (χ3v) is 4.01. The van der Waals surface area contributed by atoms with E-state index in [0.29, 0.717) is 36.9 Å². The van der Waals surface area contributed by atoms with Crippen molar-refractivity contribution in [3.63, 3.8) is 0 Å². The Kier molecular flexibility index (Phi) is 8.35. The van der Waals surface area contributed by atoms with Gasteiger partial charge in [-0.3, -0.25) is 4.57 Å². The summed E-state index contributed by atoms with van der Waals surface area (Å²) in [6.45, 7) is 13.8. The maximum atomic E-state index is 11.4. The first-order valence-electron chi connectivity index (χ1n) is 6.14. The smallest absolute Gasteiger partial charge is 0.310 e. The Hall–Kier alpha value is 0.150. The Morgan fingerprint density at radius 3 is 1.38 bits per heavy atom. The Bertz CT molecular complexity index is 184. The zero-order valence-corrected chi connectivity index (χ0v) is 12.4. The summed E-state index contributed by atoms with van der Waals surface area (Å²) in [5.74, 6) is 1.92. The molecular formula is C12H27O3P. The molecule has 3 nitrogen and oxygen atoms in total. The molecule has 98 valence electrons. The summed E-state index contributed by atoms with van der Waals surface area (Å²) >= 11 is 0. The van der Waals surface area contributed by atoms with Crippen molar-refractivity contribution < 1.29 is 13.6 Å². The van der Waals surface area contributed by atoms with Crippen LogP contribution in [0, 0.1) is 23.7 Å². The van der Waals surface area contributed by atoms with Crippen LogP contribution < -0.4 is 0 Å². The third kappa shape index (κ3) is 7.43. The van der Waals surface area contributed by atoms with Crippen molar-refractivity contribution in [2.45, 2.75) is 41.5 Å². The van der Waals surface area contributed by atoms with Crippen LogP contribution in [0.15, 0.2) is 0 Å². The second-order valence-corrected chi connectivity index (χ2v) is 6.39. The molecule has 0 aromatic heterocycles. The van der Waals surface area contributed by atoms with E-state index in [4.69, 9.17) is 9.05 Å². The van der Waals surface area contributed by atoms with Gasteiger partial charge in [-0.05, 0) is 23.7 Å². The van der Waals surface area contributed by atoms with Crippen molar-refractivity contribution in [2.75, 3.05) is 13.2 Å². The summed E-state index contributed by atoms with van der Waals surface area (Å²) in [5, 5.41) is 0. The summed E-state index contributed by atoms with van der Waals surface area (Å²) in [5.41, 5.74) is 0. The molecule has 0 aliphatic heterocycles. The van der Waals surface area contributed by atoms with Gasteiger partial charge in [-0.25, -0.2) is 0 Å². The topological polar surface area (TPSA) is 35.5 Å². The van der Waals surface area contributed by atoms with Gasteiger partial charge >= 0.3 is 8.25 Å². The predicted octanol–water partition coefficient (Wildman–Crippen LogP) is 3.99. The average molecular weight is 250 g/mol. The fraction of sp³-hybridized carbons (Fsp3) is 1.00. The molecule has 0 aliphatic rings. The van der Waals surface area contributed by atoms with Crippen LogP contribution in [0.1, 0.15) is 41.5 Å². The van der Waals surface area contributed by atoms with Gasteiger partial charge in [-0.15, -0.1) is 0 Å². The number of hydrogen-bond acceptors (Lipinski definition) is 3. The van der Waals surface area contributed by atoms with Gasteiger partial charge < -0.3 is 9.05 Å². The molecule has 0 aromatic rings. The molecule has 0 radical (unpaired) electrons. The van der Waals surface area contributed by atoms with Crippen LogP contribution in [0.3, 0.4) is 0 Å². The van der Waals surface area contributed by atoms with Crippen LogP contribution in [0.5, 0.6) is 0 Å². The highest BCUT2D eigenvalue weighted by Crippen LogP contribution is 2.27. The predicted molar refractivity (Wildman–Crippen MR) is 68.9 cm³/mol. The van der Waals surface area contributed by atoms with Gasteiger partial charge in [-0.2, -0.15) is 0 Å². The molecule has 0 amide bonds. The van der Waals surface area contributed by atoms with Gasteiger partial charge in [0.1, 0.15) is 0 Å². The molecule has 0 spiro atoms. The third-order valence-electron chi connectivity index (χ3n) is 3.20. The molecule has 0 N–H and O–H groups in total. The van der Waals surface area contributed by atoms with Crippen molar-refractivity contribution in [2.24, 2.45) is 23.7 Å². The summed E-state index contributed by atoms with van der Waals surface area (Å²) < 4.78 is 21.9. The second kappa shape index (κ2) is 8.27. The van der Waals surface area contributed by atoms with Crippen LogP contribution in [-0.4, -0.2) is 13.2 Å². The van der Waals surface area contributed by atoms with E-state index in [9.17, 15) is 4.57 Å². The standard InChI is InChI=1S/C12H27O3P/c1-9(2)11(5)7-14-16(13)15-8-12(6)10(3)4/h9-12,16H,7-8H2,1-6H3. The first-order valence-corrected chi connectivity index (χ1v) is 7.36. The molecular weight excluding hydrogens is 223 g/mol. The zero-order valence-electron chi connectivity index (χ0n) is 11.4. The lowest BCUT2D eigenvalue weighted by Crippen LogP contribution is -2.12. The minimum atomic E-state index is -2.30. The van der Waals surface area contributed by atoms with E-state index in [1.54, 1.807) is 0 Å². The molecule has 0 bridgehead atoms. The van der Waals surface area contributed by atoms with Gasteiger partial charge in [0.25, 0.3) is 0 Å². The molecule has 0 aliphatic carbocycles. The Morgan fingerprint density at radius 1 is 0.812 bits per heavy atom. The largest absolute Gasteiger partial charge is 0.319 e. The van der Waals surface area contributed by atoms with E-state index in [0.717, 1.165) is 0 Å². The molecule has 0 aromatic carbocycles. The molecule has 4 heteroatoms. The molecule has 0 heterocycles. The normalized spacial score (nSPS) is 17.8. The second-order valence-electron chi connectivity index (χ2n) is 5.31. The lowest BCUT2D eigenvalue weighted by Gasteiger charge is -2.17. The molecule has 0 fully saturated rings. The van der Waals surface area contributed by atoms with E-state index in [1.807, 2.05) is 0 Å². The minimum absolute atomic E-state index is 0.417. The zero-order chi connectivity index (χ0) is 12.7. The van der Waals surface area contributed by atoms with E-state index < -0.39 is 8.25 Å².